The van der Waals surface area contributed by atoms with Crippen molar-refractivity contribution in [2.75, 3.05) is 13.2 Å². The Morgan fingerprint density at radius 1 is 1.07 bits per heavy atom. The zero-order valence-corrected chi connectivity index (χ0v) is 9.58. The smallest absolute Gasteiger partial charge is 0.296 e. The lowest BCUT2D eigenvalue weighted by molar-refractivity contribution is 0.336. The third kappa shape index (κ3) is 3.21. The molecule has 0 aliphatic rings. The van der Waals surface area contributed by atoms with Crippen LogP contribution < -0.4 is 4.74 Å². The highest BCUT2D eigenvalue weighted by molar-refractivity contribution is 7.86. The van der Waals surface area contributed by atoms with Gasteiger partial charge in [-0.05, 0) is 38.1 Å². The molecule has 0 spiro atoms. The number of hydrogen-bond acceptors (Lipinski definition) is 4. The Kier molecular flexibility index (Phi) is 4.11. The molecule has 0 amide bonds. The molecule has 0 unspecified atom stereocenters. The van der Waals surface area contributed by atoms with Crippen LogP contribution in [0.25, 0.3) is 0 Å². The molecule has 0 bridgehead atoms. The van der Waals surface area contributed by atoms with Crippen molar-refractivity contribution < 1.29 is 17.3 Å². The second-order valence-electron chi connectivity index (χ2n) is 2.77. The quantitative estimate of drug-likeness (QED) is 0.724. The predicted octanol–water partition coefficient (Wildman–Crippen LogP) is 1.81. The van der Waals surface area contributed by atoms with Gasteiger partial charge in [-0.1, -0.05) is 0 Å². The van der Waals surface area contributed by atoms with Crippen molar-refractivity contribution in [3.8, 4) is 5.75 Å². The molecule has 0 fully saturated rings. The van der Waals surface area contributed by atoms with E-state index in [1.54, 1.807) is 19.1 Å². The summed E-state index contributed by atoms with van der Waals surface area (Å²) in [7, 11) is -3.60. The summed E-state index contributed by atoms with van der Waals surface area (Å²) in [6, 6.07) is 6.15. The standard InChI is InChI=1S/C10H14O4S/c1-3-13-9-5-7-10(8-6-9)15(11,12)14-4-2/h5-8H,3-4H2,1-2H3. The van der Waals surface area contributed by atoms with E-state index in [1.807, 2.05) is 6.92 Å². The van der Waals surface area contributed by atoms with Crippen LogP contribution in [0.15, 0.2) is 29.2 Å². The molecular weight excluding hydrogens is 216 g/mol. The molecule has 0 heterocycles. The molecule has 0 N–H and O–H groups in total. The fourth-order valence-electron chi connectivity index (χ4n) is 1.09. The van der Waals surface area contributed by atoms with Gasteiger partial charge >= 0.3 is 0 Å². The summed E-state index contributed by atoms with van der Waals surface area (Å²) in [5, 5.41) is 0. The molecule has 0 aliphatic carbocycles. The largest absolute Gasteiger partial charge is 0.494 e. The fraction of sp³-hybridized carbons (Fsp3) is 0.400. The van der Waals surface area contributed by atoms with E-state index < -0.39 is 10.1 Å². The maximum atomic E-state index is 11.4. The summed E-state index contributed by atoms with van der Waals surface area (Å²) in [6.45, 7) is 4.18. The van der Waals surface area contributed by atoms with Gasteiger partial charge in [-0.15, -0.1) is 0 Å². The maximum absolute atomic E-state index is 11.4. The Balaban J connectivity index is 2.89. The lowest BCUT2D eigenvalue weighted by Crippen LogP contribution is -2.05. The van der Waals surface area contributed by atoms with Crippen molar-refractivity contribution >= 4 is 10.1 Å². The van der Waals surface area contributed by atoms with E-state index in [0.717, 1.165) is 0 Å². The van der Waals surface area contributed by atoms with Crippen LogP contribution in [0.3, 0.4) is 0 Å². The summed E-state index contributed by atoms with van der Waals surface area (Å²) in [5.41, 5.74) is 0. The van der Waals surface area contributed by atoms with Gasteiger partial charge in [0.15, 0.2) is 0 Å². The molecule has 1 aromatic rings. The van der Waals surface area contributed by atoms with E-state index in [-0.39, 0.29) is 11.5 Å². The van der Waals surface area contributed by atoms with Crippen LogP contribution in [0.1, 0.15) is 13.8 Å². The molecule has 1 aromatic carbocycles. The van der Waals surface area contributed by atoms with Crippen LogP contribution in [0.4, 0.5) is 0 Å². The molecular formula is C10H14O4S. The SMILES string of the molecule is CCOc1ccc(S(=O)(=O)OCC)cc1. The van der Waals surface area contributed by atoms with Crippen molar-refractivity contribution in [1.82, 2.24) is 0 Å². The number of ether oxygens (including phenoxy) is 1. The third-order valence-electron chi connectivity index (χ3n) is 1.70. The van der Waals surface area contributed by atoms with Gasteiger partial charge in [-0.25, -0.2) is 0 Å². The highest BCUT2D eigenvalue weighted by Gasteiger charge is 2.13. The van der Waals surface area contributed by atoms with Crippen LogP contribution in [0.2, 0.25) is 0 Å². The van der Waals surface area contributed by atoms with E-state index in [2.05, 4.69) is 4.18 Å². The minimum atomic E-state index is -3.60. The van der Waals surface area contributed by atoms with E-state index in [9.17, 15) is 8.42 Å². The lowest BCUT2D eigenvalue weighted by Gasteiger charge is -2.05. The van der Waals surface area contributed by atoms with Gasteiger partial charge in [0.25, 0.3) is 10.1 Å². The van der Waals surface area contributed by atoms with Gasteiger partial charge in [0, 0.05) is 0 Å². The van der Waals surface area contributed by atoms with Gasteiger partial charge in [-0.2, -0.15) is 8.42 Å². The van der Waals surface area contributed by atoms with Crippen molar-refractivity contribution in [2.45, 2.75) is 18.7 Å². The molecule has 15 heavy (non-hydrogen) atoms. The Morgan fingerprint density at radius 2 is 1.67 bits per heavy atom. The van der Waals surface area contributed by atoms with Crippen LogP contribution in [-0.2, 0) is 14.3 Å². The molecule has 0 aromatic heterocycles. The van der Waals surface area contributed by atoms with Crippen LogP contribution >= 0.6 is 0 Å². The summed E-state index contributed by atoms with van der Waals surface area (Å²) in [6.07, 6.45) is 0. The van der Waals surface area contributed by atoms with Gasteiger partial charge in [0.1, 0.15) is 5.75 Å². The van der Waals surface area contributed by atoms with E-state index >= 15 is 0 Å². The average Bonchev–Trinajstić information content (AvgIpc) is 2.19. The minimum absolute atomic E-state index is 0.134. The number of rotatable bonds is 5. The highest BCUT2D eigenvalue weighted by Crippen LogP contribution is 2.17. The lowest BCUT2D eigenvalue weighted by atomic mass is 10.3. The van der Waals surface area contributed by atoms with E-state index in [1.165, 1.54) is 12.1 Å². The Bertz CT molecular complexity index is 394. The van der Waals surface area contributed by atoms with Gasteiger partial charge in [-0.3, -0.25) is 4.18 Å². The zero-order chi connectivity index (χ0) is 11.3. The van der Waals surface area contributed by atoms with Gasteiger partial charge in [0.2, 0.25) is 0 Å². The van der Waals surface area contributed by atoms with Gasteiger partial charge in [0.05, 0.1) is 18.1 Å². The third-order valence-corrected chi connectivity index (χ3v) is 3.09. The van der Waals surface area contributed by atoms with Crippen molar-refractivity contribution in [1.29, 1.82) is 0 Å². The number of hydrogen-bond donors (Lipinski definition) is 0. The first-order chi connectivity index (χ1) is 7.10. The monoisotopic (exact) mass is 230 g/mol. The van der Waals surface area contributed by atoms with Crippen molar-refractivity contribution in [3.63, 3.8) is 0 Å². The Labute approximate surface area is 90.0 Å². The molecule has 4 nitrogen and oxygen atoms in total. The average molecular weight is 230 g/mol. The second kappa shape index (κ2) is 5.14. The summed E-state index contributed by atoms with van der Waals surface area (Å²) < 4.78 is 32.7. The Morgan fingerprint density at radius 3 is 2.13 bits per heavy atom. The first-order valence-corrected chi connectivity index (χ1v) is 6.13. The first kappa shape index (κ1) is 12.0. The molecule has 5 heteroatoms. The van der Waals surface area contributed by atoms with Crippen molar-refractivity contribution in [3.05, 3.63) is 24.3 Å². The van der Waals surface area contributed by atoms with Crippen LogP contribution in [-0.4, -0.2) is 21.6 Å². The van der Waals surface area contributed by atoms with E-state index in [4.69, 9.17) is 4.74 Å². The summed E-state index contributed by atoms with van der Waals surface area (Å²) >= 11 is 0. The minimum Gasteiger partial charge on any atom is -0.494 e. The molecule has 84 valence electrons. The summed E-state index contributed by atoms with van der Waals surface area (Å²) in [5.74, 6) is 0.646. The van der Waals surface area contributed by atoms with Crippen LogP contribution in [0, 0.1) is 0 Å². The molecule has 0 atom stereocenters. The fourth-order valence-corrected chi connectivity index (χ4v) is 2.01. The number of benzene rings is 1. The highest BCUT2D eigenvalue weighted by atomic mass is 32.2. The first-order valence-electron chi connectivity index (χ1n) is 4.72. The Hall–Kier alpha value is -1.07. The molecule has 0 saturated heterocycles. The van der Waals surface area contributed by atoms with Crippen LogP contribution in [0.5, 0.6) is 5.75 Å². The molecule has 0 aliphatic heterocycles. The molecule has 0 radical (unpaired) electrons. The zero-order valence-electron chi connectivity index (χ0n) is 8.76. The molecule has 0 saturated carbocycles. The normalized spacial score (nSPS) is 11.3. The van der Waals surface area contributed by atoms with Crippen molar-refractivity contribution in [2.24, 2.45) is 0 Å². The topological polar surface area (TPSA) is 52.6 Å². The summed E-state index contributed by atoms with van der Waals surface area (Å²) in [4.78, 5) is 0.146. The predicted molar refractivity (Wildman–Crippen MR) is 56.4 cm³/mol. The molecule has 1 rings (SSSR count). The van der Waals surface area contributed by atoms with E-state index in [0.29, 0.717) is 12.4 Å². The van der Waals surface area contributed by atoms with Gasteiger partial charge < -0.3 is 4.74 Å². The second-order valence-corrected chi connectivity index (χ2v) is 4.38. The maximum Gasteiger partial charge on any atom is 0.296 e.